The molecule has 1 rings (SSSR count). The predicted molar refractivity (Wildman–Crippen MR) is 76.1 cm³/mol. The molecule has 0 aliphatic carbocycles. The molecule has 0 spiro atoms. The van der Waals surface area contributed by atoms with Crippen molar-refractivity contribution in [3.05, 3.63) is 11.8 Å². The van der Waals surface area contributed by atoms with Gasteiger partial charge in [-0.25, -0.2) is 0 Å². The van der Waals surface area contributed by atoms with Crippen LogP contribution in [-0.2, 0) is 16.6 Å². The average Bonchev–Trinajstić information content (AvgIpc) is 2.61. The van der Waals surface area contributed by atoms with Gasteiger partial charge in [0.2, 0.25) is 5.91 Å². The molecule has 1 heterocycles. The number of nitrogens with one attached hydrogen (secondary N) is 1. The molecule has 0 saturated heterocycles. The van der Waals surface area contributed by atoms with Gasteiger partial charge in [-0.1, -0.05) is 25.6 Å². The van der Waals surface area contributed by atoms with E-state index in [2.05, 4.69) is 10.4 Å². The third-order valence-corrected chi connectivity index (χ3v) is 3.82. The van der Waals surface area contributed by atoms with E-state index in [0.717, 1.165) is 10.7 Å². The summed E-state index contributed by atoms with van der Waals surface area (Å²) in [6.45, 7) is 7.26. The Hall–Kier alpha value is -1.30. The van der Waals surface area contributed by atoms with Gasteiger partial charge in [0, 0.05) is 7.05 Å². The molecule has 106 valence electrons. The van der Waals surface area contributed by atoms with Crippen molar-refractivity contribution in [1.29, 1.82) is 0 Å². The number of hydrogen-bond donors (Lipinski definition) is 1. The smallest absolute Gasteiger partial charge is 0.231 e. The summed E-state index contributed by atoms with van der Waals surface area (Å²) in [6.07, 6.45) is 0. The van der Waals surface area contributed by atoms with Crippen molar-refractivity contribution in [3.63, 3.8) is 0 Å². The number of hydrogen-bond acceptors (Lipinski definition) is 4. The first-order chi connectivity index (χ1) is 8.81. The Labute approximate surface area is 118 Å². The molecule has 19 heavy (non-hydrogen) atoms. The first-order valence-electron chi connectivity index (χ1n) is 6.24. The number of aromatic nitrogens is 2. The Kier molecular flexibility index (Phi) is 5.60. The minimum atomic E-state index is -0.402. The van der Waals surface area contributed by atoms with E-state index >= 15 is 0 Å². The van der Waals surface area contributed by atoms with Crippen molar-refractivity contribution in [2.24, 2.45) is 13.0 Å². The van der Waals surface area contributed by atoms with Gasteiger partial charge in [0.25, 0.3) is 0 Å². The van der Waals surface area contributed by atoms with Gasteiger partial charge in [-0.2, -0.15) is 5.10 Å². The summed E-state index contributed by atoms with van der Waals surface area (Å²) in [4.78, 5) is 23.3. The van der Waals surface area contributed by atoms with Gasteiger partial charge in [0.1, 0.15) is 0 Å². The average molecular weight is 283 g/mol. The van der Waals surface area contributed by atoms with Crippen LogP contribution in [0.1, 0.15) is 26.5 Å². The number of carbonyl (C=O) groups is 2. The first kappa shape index (κ1) is 15.8. The third kappa shape index (κ3) is 4.70. The van der Waals surface area contributed by atoms with Crippen LogP contribution in [0.15, 0.2) is 11.1 Å². The number of carbonyl (C=O) groups excluding carboxylic acids is 2. The van der Waals surface area contributed by atoms with E-state index in [-0.39, 0.29) is 23.4 Å². The zero-order valence-electron chi connectivity index (χ0n) is 12.1. The number of ketones is 1. The van der Waals surface area contributed by atoms with Gasteiger partial charge < -0.3 is 5.32 Å². The summed E-state index contributed by atoms with van der Waals surface area (Å²) in [5.74, 6) is 0.253. The second kappa shape index (κ2) is 6.75. The second-order valence-electron chi connectivity index (χ2n) is 4.94. The van der Waals surface area contributed by atoms with E-state index in [4.69, 9.17) is 0 Å². The molecule has 0 radical (unpaired) electrons. The number of rotatable bonds is 6. The molecule has 5 nitrogen and oxygen atoms in total. The first-order valence-corrected chi connectivity index (χ1v) is 7.23. The molecule has 1 aromatic heterocycles. The van der Waals surface area contributed by atoms with E-state index in [1.54, 1.807) is 4.68 Å². The molecule has 1 unspecified atom stereocenters. The highest BCUT2D eigenvalue weighted by molar-refractivity contribution is 7.99. The number of aryl methyl sites for hydroxylation is 2. The third-order valence-electron chi connectivity index (χ3n) is 2.73. The van der Waals surface area contributed by atoms with Crippen molar-refractivity contribution >= 4 is 23.5 Å². The van der Waals surface area contributed by atoms with E-state index in [0.29, 0.717) is 0 Å². The van der Waals surface area contributed by atoms with E-state index in [1.165, 1.54) is 18.7 Å². The highest BCUT2D eigenvalue weighted by Gasteiger charge is 2.20. The normalized spacial score (nSPS) is 12.5. The molecule has 0 fully saturated rings. The van der Waals surface area contributed by atoms with E-state index in [1.807, 2.05) is 33.9 Å². The Morgan fingerprint density at radius 3 is 2.53 bits per heavy atom. The Morgan fingerprint density at radius 1 is 1.47 bits per heavy atom. The minimum absolute atomic E-state index is 0.00951. The lowest BCUT2D eigenvalue weighted by molar-refractivity contribution is -0.126. The van der Waals surface area contributed by atoms with E-state index < -0.39 is 6.04 Å². The lowest BCUT2D eigenvalue weighted by Crippen LogP contribution is -2.44. The lowest BCUT2D eigenvalue weighted by atomic mass is 10.0. The maximum absolute atomic E-state index is 11.8. The number of Topliss-reactive ketones (excluding diaryl/α,β-unsaturated/α-hetero) is 1. The molecular formula is C13H21N3O2S. The van der Waals surface area contributed by atoms with Gasteiger partial charge in [-0.15, -0.1) is 0 Å². The fourth-order valence-electron chi connectivity index (χ4n) is 1.81. The van der Waals surface area contributed by atoms with Crippen molar-refractivity contribution in [2.45, 2.75) is 38.8 Å². The van der Waals surface area contributed by atoms with Crippen LogP contribution >= 0.6 is 11.8 Å². The summed E-state index contributed by atoms with van der Waals surface area (Å²) in [7, 11) is 1.85. The molecule has 1 atom stereocenters. The van der Waals surface area contributed by atoms with Crippen LogP contribution in [0.4, 0.5) is 0 Å². The summed E-state index contributed by atoms with van der Waals surface area (Å²) < 4.78 is 1.75. The van der Waals surface area contributed by atoms with Crippen LogP contribution in [0.5, 0.6) is 0 Å². The summed E-state index contributed by atoms with van der Waals surface area (Å²) >= 11 is 1.42. The van der Waals surface area contributed by atoms with Crippen LogP contribution in [0, 0.1) is 12.8 Å². The molecule has 0 saturated carbocycles. The molecule has 0 bridgehead atoms. The zero-order valence-corrected chi connectivity index (χ0v) is 12.9. The number of amides is 1. The predicted octanol–water partition coefficient (Wildman–Crippen LogP) is 1.55. The van der Waals surface area contributed by atoms with Crippen LogP contribution in [0.25, 0.3) is 0 Å². The quantitative estimate of drug-likeness (QED) is 0.805. The molecule has 0 aliphatic rings. The van der Waals surface area contributed by atoms with Crippen molar-refractivity contribution < 1.29 is 9.59 Å². The van der Waals surface area contributed by atoms with Crippen LogP contribution in [-0.4, -0.2) is 33.3 Å². The van der Waals surface area contributed by atoms with Crippen molar-refractivity contribution in [1.82, 2.24) is 15.1 Å². The maximum Gasteiger partial charge on any atom is 0.231 e. The molecule has 0 aliphatic heterocycles. The monoisotopic (exact) mass is 283 g/mol. The second-order valence-corrected chi connectivity index (χ2v) is 5.93. The van der Waals surface area contributed by atoms with Gasteiger partial charge in [-0.3, -0.25) is 14.3 Å². The topological polar surface area (TPSA) is 64.0 Å². The SMILES string of the molecule is CC(=O)C(NC(=O)CSc1cc(C)nn1C)C(C)C. The van der Waals surface area contributed by atoms with Crippen LogP contribution < -0.4 is 5.32 Å². The number of nitrogens with zero attached hydrogens (tertiary/aromatic N) is 2. The molecular weight excluding hydrogens is 262 g/mol. The summed E-state index contributed by atoms with van der Waals surface area (Å²) in [6, 6.07) is 1.53. The highest BCUT2D eigenvalue weighted by atomic mass is 32.2. The molecule has 6 heteroatoms. The van der Waals surface area contributed by atoms with Gasteiger partial charge in [-0.05, 0) is 25.8 Å². The largest absolute Gasteiger partial charge is 0.345 e. The van der Waals surface area contributed by atoms with Gasteiger partial charge >= 0.3 is 0 Å². The summed E-state index contributed by atoms with van der Waals surface area (Å²) in [5, 5.41) is 7.93. The fourth-order valence-corrected chi connectivity index (χ4v) is 2.66. The van der Waals surface area contributed by atoms with Gasteiger partial charge in [0.15, 0.2) is 5.78 Å². The fraction of sp³-hybridized carbons (Fsp3) is 0.615. The zero-order chi connectivity index (χ0) is 14.6. The van der Waals surface area contributed by atoms with Crippen LogP contribution in [0.3, 0.4) is 0 Å². The van der Waals surface area contributed by atoms with Gasteiger partial charge in [0.05, 0.1) is 22.5 Å². The Bertz CT molecular complexity index is 468. The standard InChI is InChI=1S/C13H21N3O2S/c1-8(2)13(10(4)17)14-11(18)7-19-12-6-9(3)15-16(12)5/h6,8,13H,7H2,1-5H3,(H,14,18). The molecule has 1 N–H and O–H groups in total. The van der Waals surface area contributed by atoms with Crippen molar-refractivity contribution in [3.8, 4) is 0 Å². The van der Waals surface area contributed by atoms with Crippen LogP contribution in [0.2, 0.25) is 0 Å². The highest BCUT2D eigenvalue weighted by Crippen LogP contribution is 2.17. The number of thioether (sulfide) groups is 1. The summed E-state index contributed by atoms with van der Waals surface area (Å²) in [5.41, 5.74) is 0.925. The molecule has 1 aromatic rings. The minimum Gasteiger partial charge on any atom is -0.345 e. The Morgan fingerprint density at radius 2 is 2.11 bits per heavy atom. The maximum atomic E-state index is 11.8. The van der Waals surface area contributed by atoms with Crippen molar-refractivity contribution in [2.75, 3.05) is 5.75 Å². The van der Waals surface area contributed by atoms with E-state index in [9.17, 15) is 9.59 Å². The lowest BCUT2D eigenvalue weighted by Gasteiger charge is -2.19. The molecule has 0 aromatic carbocycles. The molecule has 1 amide bonds. The Balaban J connectivity index is 2.52.